The second-order valence-corrected chi connectivity index (χ2v) is 7.60. The van der Waals surface area contributed by atoms with Crippen molar-refractivity contribution in [3.05, 3.63) is 132 Å². The molecule has 0 radical (unpaired) electrons. The van der Waals surface area contributed by atoms with Gasteiger partial charge < -0.3 is 0 Å². The highest BCUT2D eigenvalue weighted by Crippen LogP contribution is 2.43. The van der Waals surface area contributed by atoms with Gasteiger partial charge in [0, 0.05) is 0 Å². The summed E-state index contributed by atoms with van der Waals surface area (Å²) in [6.45, 7) is 0.477. The van der Waals surface area contributed by atoms with Crippen LogP contribution in [0.15, 0.2) is 115 Å². The van der Waals surface area contributed by atoms with Crippen LogP contribution < -0.4 is 0 Å². The quantitative estimate of drug-likeness (QED) is 0.468. The van der Waals surface area contributed by atoms with Crippen molar-refractivity contribution in [2.45, 2.75) is 24.5 Å². The summed E-state index contributed by atoms with van der Waals surface area (Å²) >= 11 is 0. The van der Waals surface area contributed by atoms with Crippen LogP contribution in [-0.4, -0.2) is 6.71 Å². The summed E-state index contributed by atoms with van der Waals surface area (Å²) in [7, 11) is 0. The molecule has 3 aromatic rings. The first-order valence-corrected chi connectivity index (χ1v) is 9.82. The zero-order valence-corrected chi connectivity index (χ0v) is 15.7. The summed E-state index contributed by atoms with van der Waals surface area (Å²) in [4.78, 5) is 0. The second-order valence-electron chi connectivity index (χ2n) is 7.60. The fourth-order valence-electron chi connectivity index (χ4n) is 4.29. The molecular weight excluding hydrogens is 323 g/mol. The topological polar surface area (TPSA) is 0 Å². The van der Waals surface area contributed by atoms with Gasteiger partial charge in [-0.2, -0.15) is 0 Å². The molecule has 132 valence electrons. The number of hydrogen-bond donors (Lipinski definition) is 0. The maximum atomic E-state index is 2.46. The Morgan fingerprint density at radius 1 is 0.556 bits per heavy atom. The van der Waals surface area contributed by atoms with Crippen LogP contribution in [0.4, 0.5) is 0 Å². The summed E-state index contributed by atoms with van der Waals surface area (Å²) in [6, 6.07) is 32.8. The first kappa shape index (κ1) is 17.6. The molecule has 0 nitrogen and oxygen atoms in total. The zero-order valence-electron chi connectivity index (χ0n) is 15.7. The molecule has 0 N–H and O–H groups in total. The number of benzene rings is 3. The fourth-order valence-corrected chi connectivity index (χ4v) is 4.29. The molecule has 0 aliphatic carbocycles. The molecule has 0 aromatic heterocycles. The predicted molar refractivity (Wildman–Crippen MR) is 117 cm³/mol. The Labute approximate surface area is 163 Å². The van der Waals surface area contributed by atoms with Gasteiger partial charge in [0.05, 0.1) is 0 Å². The summed E-state index contributed by atoms with van der Waals surface area (Å²) in [5.74, 6) is 2.42. The van der Waals surface area contributed by atoms with Gasteiger partial charge >= 0.3 is 0 Å². The van der Waals surface area contributed by atoms with Crippen molar-refractivity contribution in [1.29, 1.82) is 0 Å². The van der Waals surface area contributed by atoms with Gasteiger partial charge in [0.2, 0.25) is 0 Å². The third-order valence-electron chi connectivity index (χ3n) is 5.67. The summed E-state index contributed by atoms with van der Waals surface area (Å²) in [5.41, 5.74) is 4.23. The summed E-state index contributed by atoms with van der Waals surface area (Å²) in [5, 5.41) is 0.0906. The summed E-state index contributed by atoms with van der Waals surface area (Å²) < 4.78 is 0. The number of allylic oxidation sites excluding steroid dienone is 3. The van der Waals surface area contributed by atoms with Crippen molar-refractivity contribution in [2.24, 2.45) is 0 Å². The fraction of sp³-hybridized carbons (Fsp3) is 0.154. The SMILES string of the molecule is C1=CB(Cc2ccccc2)C(Cc2ccccc2)(Cc2ccccc2)C=C1. The van der Waals surface area contributed by atoms with Crippen LogP contribution in [-0.2, 0) is 19.2 Å². The average molecular weight is 348 g/mol. The van der Waals surface area contributed by atoms with E-state index in [4.69, 9.17) is 0 Å². The van der Waals surface area contributed by atoms with Gasteiger partial charge in [-0.1, -0.05) is 115 Å². The lowest BCUT2D eigenvalue weighted by molar-refractivity contribution is 0.647. The van der Waals surface area contributed by atoms with E-state index in [1.165, 1.54) is 16.7 Å². The average Bonchev–Trinajstić information content (AvgIpc) is 2.72. The van der Waals surface area contributed by atoms with E-state index in [9.17, 15) is 0 Å². The van der Waals surface area contributed by atoms with Gasteiger partial charge in [-0.05, 0) is 35.6 Å². The highest BCUT2D eigenvalue weighted by atomic mass is 14.3. The van der Waals surface area contributed by atoms with E-state index in [2.05, 4.69) is 115 Å². The standard InChI is InChI=1S/C26H25B/c1-4-12-23(13-5-1)20-26(21-24-14-6-2-7-15-24)18-10-11-19-27(26)22-25-16-8-3-9-17-25/h1-19H,20-22H2. The molecule has 27 heavy (non-hydrogen) atoms. The smallest absolute Gasteiger partial charge is 0.114 e. The van der Waals surface area contributed by atoms with E-state index >= 15 is 0 Å². The number of rotatable bonds is 6. The monoisotopic (exact) mass is 348 g/mol. The molecule has 0 bridgehead atoms. The molecule has 1 heterocycles. The van der Waals surface area contributed by atoms with Gasteiger partial charge in [-0.3, -0.25) is 0 Å². The largest absolute Gasteiger partial charge is 0.182 e. The van der Waals surface area contributed by atoms with E-state index in [0.29, 0.717) is 6.71 Å². The van der Waals surface area contributed by atoms with E-state index in [-0.39, 0.29) is 5.31 Å². The molecule has 1 heteroatoms. The van der Waals surface area contributed by atoms with Crippen molar-refractivity contribution in [3.63, 3.8) is 0 Å². The van der Waals surface area contributed by atoms with Gasteiger partial charge in [-0.25, -0.2) is 0 Å². The van der Waals surface area contributed by atoms with Crippen LogP contribution in [0.5, 0.6) is 0 Å². The highest BCUT2D eigenvalue weighted by Gasteiger charge is 2.39. The van der Waals surface area contributed by atoms with Crippen LogP contribution >= 0.6 is 0 Å². The molecule has 1 aliphatic rings. The highest BCUT2D eigenvalue weighted by molar-refractivity contribution is 6.68. The molecule has 0 saturated carbocycles. The molecule has 3 aromatic carbocycles. The first-order valence-electron chi connectivity index (χ1n) is 9.82. The van der Waals surface area contributed by atoms with E-state index in [1.807, 2.05) is 0 Å². The molecular formula is C26H25B. The third-order valence-corrected chi connectivity index (χ3v) is 5.67. The Bertz CT molecular complexity index is 853. The summed E-state index contributed by atoms with van der Waals surface area (Å²) in [6.07, 6.45) is 10.1. The predicted octanol–water partition coefficient (Wildman–Crippen LogP) is 6.15. The lowest BCUT2D eigenvalue weighted by Crippen LogP contribution is -2.37. The minimum atomic E-state index is 0.0906. The minimum Gasteiger partial charge on any atom is -0.114 e. The van der Waals surface area contributed by atoms with Gasteiger partial charge in [0.15, 0.2) is 6.71 Å². The molecule has 0 spiro atoms. The van der Waals surface area contributed by atoms with Crippen molar-refractivity contribution >= 4 is 6.71 Å². The van der Waals surface area contributed by atoms with Crippen LogP contribution in [0, 0.1) is 0 Å². The second kappa shape index (κ2) is 8.27. The number of hydrogen-bond acceptors (Lipinski definition) is 0. The van der Waals surface area contributed by atoms with E-state index < -0.39 is 0 Å². The molecule has 1 aliphatic heterocycles. The van der Waals surface area contributed by atoms with E-state index in [0.717, 1.165) is 19.2 Å². The normalized spacial score (nSPS) is 15.0. The molecule has 0 amide bonds. The van der Waals surface area contributed by atoms with Gasteiger partial charge in [-0.15, -0.1) is 5.98 Å². The molecule has 0 atom stereocenters. The van der Waals surface area contributed by atoms with E-state index in [1.54, 1.807) is 0 Å². The zero-order chi connectivity index (χ0) is 18.4. The molecule has 0 saturated heterocycles. The van der Waals surface area contributed by atoms with Crippen LogP contribution in [0.25, 0.3) is 0 Å². The minimum absolute atomic E-state index is 0.0906. The van der Waals surface area contributed by atoms with Crippen LogP contribution in [0.2, 0.25) is 5.31 Å². The maximum Gasteiger partial charge on any atom is 0.182 e. The lowest BCUT2D eigenvalue weighted by atomic mass is 9.28. The van der Waals surface area contributed by atoms with Gasteiger partial charge in [0.25, 0.3) is 0 Å². The lowest BCUT2D eigenvalue weighted by Gasteiger charge is -2.38. The molecule has 4 rings (SSSR count). The molecule has 0 unspecified atom stereocenters. The Morgan fingerprint density at radius 3 is 1.56 bits per heavy atom. The Kier molecular flexibility index (Phi) is 5.39. The van der Waals surface area contributed by atoms with Crippen molar-refractivity contribution in [3.8, 4) is 0 Å². The van der Waals surface area contributed by atoms with Crippen LogP contribution in [0.1, 0.15) is 16.7 Å². The Balaban J connectivity index is 1.70. The molecule has 0 fully saturated rings. The van der Waals surface area contributed by atoms with Crippen molar-refractivity contribution < 1.29 is 0 Å². The Hall–Kier alpha value is -2.80. The third kappa shape index (κ3) is 4.31. The first-order chi connectivity index (χ1) is 13.3. The van der Waals surface area contributed by atoms with Crippen molar-refractivity contribution in [2.75, 3.05) is 0 Å². The van der Waals surface area contributed by atoms with Crippen LogP contribution in [0.3, 0.4) is 0 Å². The van der Waals surface area contributed by atoms with Gasteiger partial charge in [0.1, 0.15) is 0 Å². The van der Waals surface area contributed by atoms with Crippen molar-refractivity contribution in [1.82, 2.24) is 0 Å². The maximum absolute atomic E-state index is 2.46. The Morgan fingerprint density at radius 2 is 1.04 bits per heavy atom.